The third kappa shape index (κ3) is 3.53. The number of hydrogen-bond acceptors (Lipinski definition) is 3. The average Bonchev–Trinajstić information content (AvgIpc) is 2.43. The Labute approximate surface area is 123 Å². The molecule has 2 aliphatic rings. The second-order valence-corrected chi connectivity index (χ2v) is 6.38. The summed E-state index contributed by atoms with van der Waals surface area (Å²) in [4.78, 5) is 14.7. The number of nitrogens with one attached hydrogen (secondary N) is 2. The van der Waals surface area contributed by atoms with Gasteiger partial charge in [-0.2, -0.15) is 0 Å². The van der Waals surface area contributed by atoms with Gasteiger partial charge in [-0.25, -0.2) is 0 Å². The Morgan fingerprint density at radius 3 is 2.45 bits per heavy atom. The standard InChI is InChI=1S/C16H31N3O/c1-4-9-18-13-10-14-7-6-8-15(11-13)19(14)12(3)16(20)17-5-2/h12-15,18H,4-11H2,1-3H3,(H,17,20). The largest absolute Gasteiger partial charge is 0.355 e. The molecule has 0 aromatic rings. The molecule has 2 N–H and O–H groups in total. The maximum atomic E-state index is 12.2. The lowest BCUT2D eigenvalue weighted by atomic mass is 9.80. The first-order chi connectivity index (χ1) is 9.67. The van der Waals surface area contributed by atoms with Gasteiger partial charge in [-0.1, -0.05) is 13.3 Å². The van der Waals surface area contributed by atoms with Crippen LogP contribution in [0.5, 0.6) is 0 Å². The van der Waals surface area contributed by atoms with Crippen molar-refractivity contribution in [3.05, 3.63) is 0 Å². The van der Waals surface area contributed by atoms with Crippen LogP contribution in [0.3, 0.4) is 0 Å². The van der Waals surface area contributed by atoms with E-state index in [1.807, 2.05) is 6.92 Å². The highest BCUT2D eigenvalue weighted by atomic mass is 16.2. The second kappa shape index (κ2) is 7.41. The SMILES string of the molecule is CCCNC1CC2CCCC(C1)N2C(C)C(=O)NCC. The molecule has 2 aliphatic heterocycles. The summed E-state index contributed by atoms with van der Waals surface area (Å²) >= 11 is 0. The van der Waals surface area contributed by atoms with Crippen molar-refractivity contribution in [2.45, 2.75) is 83.5 Å². The van der Waals surface area contributed by atoms with Crippen LogP contribution in [-0.4, -0.2) is 48.1 Å². The number of fused-ring (bicyclic) bond motifs is 2. The van der Waals surface area contributed by atoms with Gasteiger partial charge in [-0.15, -0.1) is 0 Å². The molecule has 4 heteroatoms. The van der Waals surface area contributed by atoms with Gasteiger partial charge >= 0.3 is 0 Å². The molecule has 0 aromatic carbocycles. The molecule has 2 saturated heterocycles. The third-order valence-corrected chi connectivity index (χ3v) is 4.89. The van der Waals surface area contributed by atoms with Crippen LogP contribution < -0.4 is 10.6 Å². The summed E-state index contributed by atoms with van der Waals surface area (Å²) in [6.45, 7) is 8.14. The van der Waals surface area contributed by atoms with Crippen LogP contribution in [0.25, 0.3) is 0 Å². The van der Waals surface area contributed by atoms with Crippen LogP contribution in [0, 0.1) is 0 Å². The van der Waals surface area contributed by atoms with Crippen molar-refractivity contribution < 1.29 is 4.79 Å². The Hall–Kier alpha value is -0.610. The lowest BCUT2D eigenvalue weighted by Gasteiger charge is -2.51. The fraction of sp³-hybridized carbons (Fsp3) is 0.938. The van der Waals surface area contributed by atoms with E-state index in [1.54, 1.807) is 0 Å². The van der Waals surface area contributed by atoms with Crippen LogP contribution in [0.1, 0.15) is 59.3 Å². The molecule has 0 spiro atoms. The molecule has 2 heterocycles. The fourth-order valence-electron chi connectivity index (χ4n) is 4.02. The van der Waals surface area contributed by atoms with E-state index in [9.17, 15) is 4.79 Å². The normalized spacial score (nSPS) is 31.9. The average molecular weight is 281 g/mol. The summed E-state index contributed by atoms with van der Waals surface area (Å²) in [6.07, 6.45) is 7.45. The van der Waals surface area contributed by atoms with Crippen LogP contribution >= 0.6 is 0 Å². The molecule has 116 valence electrons. The zero-order valence-electron chi connectivity index (χ0n) is 13.3. The number of carbonyl (C=O) groups is 1. The number of hydrogen-bond donors (Lipinski definition) is 2. The summed E-state index contributed by atoms with van der Waals surface area (Å²) < 4.78 is 0. The van der Waals surface area contributed by atoms with Gasteiger partial charge in [0.2, 0.25) is 5.91 Å². The van der Waals surface area contributed by atoms with E-state index in [0.29, 0.717) is 18.1 Å². The van der Waals surface area contributed by atoms with Gasteiger partial charge in [0.25, 0.3) is 0 Å². The van der Waals surface area contributed by atoms with Gasteiger partial charge < -0.3 is 10.6 Å². The van der Waals surface area contributed by atoms with E-state index < -0.39 is 0 Å². The number of piperidine rings is 2. The molecular formula is C16H31N3O. The number of amides is 1. The summed E-state index contributed by atoms with van der Waals surface area (Å²) in [5.41, 5.74) is 0. The number of rotatable bonds is 6. The highest BCUT2D eigenvalue weighted by Gasteiger charge is 2.41. The van der Waals surface area contributed by atoms with Gasteiger partial charge in [-0.3, -0.25) is 9.69 Å². The van der Waals surface area contributed by atoms with Crippen molar-refractivity contribution in [2.75, 3.05) is 13.1 Å². The third-order valence-electron chi connectivity index (χ3n) is 4.89. The first-order valence-electron chi connectivity index (χ1n) is 8.45. The summed E-state index contributed by atoms with van der Waals surface area (Å²) in [5.74, 6) is 0.198. The topological polar surface area (TPSA) is 44.4 Å². The maximum Gasteiger partial charge on any atom is 0.237 e. The molecule has 2 rings (SSSR count). The van der Waals surface area contributed by atoms with Gasteiger partial charge in [0.05, 0.1) is 6.04 Å². The molecule has 0 aromatic heterocycles. The summed E-state index contributed by atoms with van der Waals surface area (Å²) in [5, 5.41) is 6.67. The molecule has 4 nitrogen and oxygen atoms in total. The summed E-state index contributed by atoms with van der Waals surface area (Å²) in [6, 6.07) is 1.87. The Morgan fingerprint density at radius 2 is 1.90 bits per heavy atom. The molecule has 0 radical (unpaired) electrons. The highest BCUT2D eigenvalue weighted by molar-refractivity contribution is 5.81. The molecule has 3 atom stereocenters. The van der Waals surface area contributed by atoms with Gasteiger partial charge in [0.1, 0.15) is 0 Å². The predicted molar refractivity (Wildman–Crippen MR) is 82.7 cm³/mol. The van der Waals surface area contributed by atoms with Crippen LogP contribution in [-0.2, 0) is 4.79 Å². The highest BCUT2D eigenvalue weighted by Crippen LogP contribution is 2.35. The lowest BCUT2D eigenvalue weighted by molar-refractivity contribution is -0.130. The zero-order valence-corrected chi connectivity index (χ0v) is 13.3. The molecule has 2 bridgehead atoms. The van der Waals surface area contributed by atoms with Crippen LogP contribution in [0.4, 0.5) is 0 Å². The smallest absolute Gasteiger partial charge is 0.237 e. The van der Waals surface area contributed by atoms with Crippen LogP contribution in [0.15, 0.2) is 0 Å². The quantitative estimate of drug-likeness (QED) is 0.781. The molecular weight excluding hydrogens is 250 g/mol. The minimum absolute atomic E-state index is 0.0253. The van der Waals surface area contributed by atoms with Crippen molar-refractivity contribution in [2.24, 2.45) is 0 Å². The van der Waals surface area contributed by atoms with Crippen molar-refractivity contribution >= 4 is 5.91 Å². The minimum atomic E-state index is 0.0253. The first kappa shape index (κ1) is 15.8. The predicted octanol–water partition coefficient (Wildman–Crippen LogP) is 1.90. The summed E-state index contributed by atoms with van der Waals surface area (Å²) in [7, 11) is 0. The van der Waals surface area contributed by atoms with Crippen molar-refractivity contribution in [3.63, 3.8) is 0 Å². The molecule has 3 unspecified atom stereocenters. The zero-order chi connectivity index (χ0) is 14.5. The van der Waals surface area contributed by atoms with Crippen molar-refractivity contribution in [1.29, 1.82) is 0 Å². The van der Waals surface area contributed by atoms with Gasteiger partial charge in [0.15, 0.2) is 0 Å². The monoisotopic (exact) mass is 281 g/mol. The molecule has 0 saturated carbocycles. The van der Waals surface area contributed by atoms with E-state index in [-0.39, 0.29) is 11.9 Å². The molecule has 20 heavy (non-hydrogen) atoms. The van der Waals surface area contributed by atoms with E-state index in [1.165, 1.54) is 38.5 Å². The first-order valence-corrected chi connectivity index (χ1v) is 8.45. The number of carbonyl (C=O) groups excluding carboxylic acids is 1. The second-order valence-electron chi connectivity index (χ2n) is 6.38. The van der Waals surface area contributed by atoms with Crippen molar-refractivity contribution in [1.82, 2.24) is 15.5 Å². The van der Waals surface area contributed by atoms with E-state index in [4.69, 9.17) is 0 Å². The van der Waals surface area contributed by atoms with Gasteiger partial charge in [0, 0.05) is 24.7 Å². The van der Waals surface area contributed by atoms with E-state index in [0.717, 1.165) is 13.1 Å². The number of nitrogens with zero attached hydrogens (tertiary/aromatic N) is 1. The molecule has 1 amide bonds. The Balaban J connectivity index is 1.99. The number of likely N-dealkylation sites (N-methyl/N-ethyl adjacent to an activating group) is 1. The minimum Gasteiger partial charge on any atom is -0.355 e. The molecule has 0 aliphatic carbocycles. The Bertz CT molecular complexity index is 307. The fourth-order valence-corrected chi connectivity index (χ4v) is 4.02. The Morgan fingerprint density at radius 1 is 1.25 bits per heavy atom. The van der Waals surface area contributed by atoms with Crippen molar-refractivity contribution in [3.8, 4) is 0 Å². The Kier molecular flexibility index (Phi) is 5.85. The van der Waals surface area contributed by atoms with E-state index >= 15 is 0 Å². The van der Waals surface area contributed by atoms with E-state index in [2.05, 4.69) is 29.4 Å². The maximum absolute atomic E-state index is 12.2. The lowest BCUT2D eigenvalue weighted by Crippen LogP contribution is -2.61. The van der Waals surface area contributed by atoms with Gasteiger partial charge in [-0.05, 0) is 52.5 Å². The molecule has 2 fully saturated rings. The van der Waals surface area contributed by atoms with Crippen LogP contribution in [0.2, 0.25) is 0 Å².